The van der Waals surface area contributed by atoms with Crippen molar-refractivity contribution >= 4 is 16.8 Å². The molecule has 0 atom stereocenters. The average Bonchev–Trinajstić information content (AvgIpc) is 2.71. The molecule has 4 rings (SSSR count). The second kappa shape index (κ2) is 7.67. The Labute approximate surface area is 156 Å². The standard InChI is InChI=1S/C20H21N5O2/c26-19(15-25-20(27)17-8-4-5-9-18(17)21-22-25)24-12-10-23(11-13-24)14-16-6-2-1-3-7-16/h1-9H,10-15H2. The van der Waals surface area contributed by atoms with Gasteiger partial charge in [0.05, 0.1) is 5.39 Å². The monoisotopic (exact) mass is 363 g/mol. The summed E-state index contributed by atoms with van der Waals surface area (Å²) in [7, 11) is 0. The first kappa shape index (κ1) is 17.4. The Balaban J connectivity index is 1.37. The molecule has 27 heavy (non-hydrogen) atoms. The summed E-state index contributed by atoms with van der Waals surface area (Å²) < 4.78 is 1.15. The molecular weight excluding hydrogens is 342 g/mol. The van der Waals surface area contributed by atoms with Crippen LogP contribution in [0.4, 0.5) is 0 Å². The topological polar surface area (TPSA) is 71.3 Å². The molecule has 0 radical (unpaired) electrons. The van der Waals surface area contributed by atoms with Crippen molar-refractivity contribution < 1.29 is 4.79 Å². The summed E-state index contributed by atoms with van der Waals surface area (Å²) in [5.74, 6) is -0.0963. The number of fused-ring (bicyclic) bond motifs is 1. The lowest BCUT2D eigenvalue weighted by atomic mass is 10.2. The van der Waals surface area contributed by atoms with Crippen molar-refractivity contribution in [3.8, 4) is 0 Å². The van der Waals surface area contributed by atoms with E-state index in [1.54, 1.807) is 29.2 Å². The molecule has 1 amide bonds. The van der Waals surface area contributed by atoms with Crippen LogP contribution in [0, 0.1) is 0 Å². The number of amides is 1. The first-order valence-electron chi connectivity index (χ1n) is 9.07. The van der Waals surface area contributed by atoms with E-state index in [0.717, 1.165) is 24.3 Å². The molecule has 138 valence electrons. The molecule has 0 aliphatic carbocycles. The van der Waals surface area contributed by atoms with Crippen LogP contribution in [0.25, 0.3) is 10.9 Å². The second-order valence-corrected chi connectivity index (χ2v) is 6.71. The minimum absolute atomic E-state index is 0.0741. The molecular formula is C20H21N5O2. The highest BCUT2D eigenvalue weighted by molar-refractivity contribution is 5.78. The minimum Gasteiger partial charge on any atom is -0.339 e. The molecule has 2 heterocycles. The zero-order valence-corrected chi connectivity index (χ0v) is 15.0. The fourth-order valence-electron chi connectivity index (χ4n) is 3.35. The predicted molar refractivity (Wildman–Crippen MR) is 102 cm³/mol. The van der Waals surface area contributed by atoms with Gasteiger partial charge in [0.2, 0.25) is 5.91 Å². The van der Waals surface area contributed by atoms with Crippen molar-refractivity contribution in [3.63, 3.8) is 0 Å². The Morgan fingerprint density at radius 2 is 1.63 bits per heavy atom. The molecule has 2 aromatic carbocycles. The highest BCUT2D eigenvalue weighted by Gasteiger charge is 2.22. The van der Waals surface area contributed by atoms with Crippen LogP contribution in [0.3, 0.4) is 0 Å². The van der Waals surface area contributed by atoms with Crippen LogP contribution in [0.1, 0.15) is 5.56 Å². The number of aromatic nitrogens is 3. The summed E-state index contributed by atoms with van der Waals surface area (Å²) >= 11 is 0. The van der Waals surface area contributed by atoms with E-state index in [1.807, 2.05) is 18.2 Å². The molecule has 1 aromatic heterocycles. The Kier molecular flexibility index (Phi) is 4.93. The van der Waals surface area contributed by atoms with Crippen molar-refractivity contribution in [1.82, 2.24) is 24.8 Å². The maximum atomic E-state index is 12.6. The van der Waals surface area contributed by atoms with Crippen molar-refractivity contribution in [1.29, 1.82) is 0 Å². The van der Waals surface area contributed by atoms with Crippen LogP contribution < -0.4 is 5.56 Å². The van der Waals surface area contributed by atoms with E-state index in [0.29, 0.717) is 24.0 Å². The minimum atomic E-state index is -0.281. The lowest BCUT2D eigenvalue weighted by Crippen LogP contribution is -2.49. The summed E-state index contributed by atoms with van der Waals surface area (Å²) in [6.07, 6.45) is 0. The summed E-state index contributed by atoms with van der Waals surface area (Å²) in [6, 6.07) is 17.3. The van der Waals surface area contributed by atoms with Gasteiger partial charge in [-0.2, -0.15) is 0 Å². The van der Waals surface area contributed by atoms with Gasteiger partial charge in [-0.1, -0.05) is 47.7 Å². The Hall–Kier alpha value is -3.06. The molecule has 1 saturated heterocycles. The van der Waals surface area contributed by atoms with Gasteiger partial charge in [-0.15, -0.1) is 5.10 Å². The summed E-state index contributed by atoms with van der Waals surface area (Å²) in [5, 5.41) is 8.42. The van der Waals surface area contributed by atoms with Crippen LogP contribution in [-0.4, -0.2) is 56.9 Å². The molecule has 7 heteroatoms. The largest absolute Gasteiger partial charge is 0.339 e. The number of carbonyl (C=O) groups is 1. The number of carbonyl (C=O) groups excluding carboxylic acids is 1. The van der Waals surface area contributed by atoms with Crippen molar-refractivity contribution in [3.05, 3.63) is 70.5 Å². The molecule has 0 spiro atoms. The van der Waals surface area contributed by atoms with Crippen LogP contribution in [0.5, 0.6) is 0 Å². The van der Waals surface area contributed by atoms with E-state index >= 15 is 0 Å². The maximum Gasteiger partial charge on any atom is 0.278 e. The number of hydrogen-bond acceptors (Lipinski definition) is 5. The molecule has 3 aromatic rings. The van der Waals surface area contributed by atoms with Gasteiger partial charge >= 0.3 is 0 Å². The molecule has 1 aliphatic heterocycles. The smallest absolute Gasteiger partial charge is 0.278 e. The fraction of sp³-hybridized carbons (Fsp3) is 0.300. The highest BCUT2D eigenvalue weighted by Crippen LogP contribution is 2.09. The lowest BCUT2D eigenvalue weighted by Gasteiger charge is -2.34. The fourth-order valence-corrected chi connectivity index (χ4v) is 3.35. The zero-order chi connectivity index (χ0) is 18.6. The predicted octanol–water partition coefficient (Wildman–Crippen LogP) is 1.14. The maximum absolute atomic E-state index is 12.6. The van der Waals surface area contributed by atoms with Crippen molar-refractivity contribution in [2.24, 2.45) is 0 Å². The summed E-state index contributed by atoms with van der Waals surface area (Å²) in [5.41, 5.74) is 1.53. The van der Waals surface area contributed by atoms with Gasteiger partial charge in [0.15, 0.2) is 0 Å². The third kappa shape index (κ3) is 3.88. The summed E-state index contributed by atoms with van der Waals surface area (Å²) in [4.78, 5) is 29.2. The van der Waals surface area contributed by atoms with E-state index in [-0.39, 0.29) is 18.0 Å². The highest BCUT2D eigenvalue weighted by atomic mass is 16.2. The van der Waals surface area contributed by atoms with Crippen molar-refractivity contribution in [2.45, 2.75) is 13.1 Å². The average molecular weight is 363 g/mol. The van der Waals surface area contributed by atoms with Gasteiger partial charge < -0.3 is 4.90 Å². The van der Waals surface area contributed by atoms with E-state index < -0.39 is 0 Å². The van der Waals surface area contributed by atoms with E-state index in [2.05, 4.69) is 27.3 Å². The molecule has 1 fully saturated rings. The Morgan fingerprint density at radius 1 is 0.926 bits per heavy atom. The molecule has 0 N–H and O–H groups in total. The lowest BCUT2D eigenvalue weighted by molar-refractivity contribution is -0.134. The second-order valence-electron chi connectivity index (χ2n) is 6.71. The van der Waals surface area contributed by atoms with E-state index in [9.17, 15) is 9.59 Å². The van der Waals surface area contributed by atoms with Gasteiger partial charge in [-0.25, -0.2) is 4.68 Å². The summed E-state index contributed by atoms with van der Waals surface area (Å²) in [6.45, 7) is 3.76. The Morgan fingerprint density at radius 3 is 2.41 bits per heavy atom. The van der Waals surface area contributed by atoms with Crippen molar-refractivity contribution in [2.75, 3.05) is 26.2 Å². The normalized spacial score (nSPS) is 15.2. The first-order chi connectivity index (χ1) is 13.2. The van der Waals surface area contributed by atoms with Crippen LogP contribution >= 0.6 is 0 Å². The third-order valence-electron chi connectivity index (χ3n) is 4.89. The number of piperazine rings is 1. The van der Waals surface area contributed by atoms with Crippen LogP contribution in [-0.2, 0) is 17.9 Å². The van der Waals surface area contributed by atoms with Gasteiger partial charge in [0, 0.05) is 32.7 Å². The number of rotatable bonds is 4. The zero-order valence-electron chi connectivity index (χ0n) is 15.0. The molecule has 0 unspecified atom stereocenters. The van der Waals surface area contributed by atoms with Gasteiger partial charge in [-0.3, -0.25) is 14.5 Å². The van der Waals surface area contributed by atoms with Gasteiger partial charge in [0.1, 0.15) is 12.1 Å². The van der Waals surface area contributed by atoms with Crippen LogP contribution in [0.15, 0.2) is 59.4 Å². The molecule has 0 saturated carbocycles. The third-order valence-corrected chi connectivity index (χ3v) is 4.89. The number of hydrogen-bond donors (Lipinski definition) is 0. The molecule has 0 bridgehead atoms. The first-order valence-corrected chi connectivity index (χ1v) is 9.07. The Bertz CT molecular complexity index is 994. The van der Waals surface area contributed by atoms with Gasteiger partial charge in [-0.05, 0) is 17.7 Å². The quantitative estimate of drug-likeness (QED) is 0.695. The van der Waals surface area contributed by atoms with Gasteiger partial charge in [0.25, 0.3) is 5.56 Å². The van der Waals surface area contributed by atoms with Crippen LogP contribution in [0.2, 0.25) is 0 Å². The molecule has 7 nitrogen and oxygen atoms in total. The molecule has 1 aliphatic rings. The van der Waals surface area contributed by atoms with E-state index in [1.165, 1.54) is 5.56 Å². The number of benzene rings is 2. The van der Waals surface area contributed by atoms with E-state index in [4.69, 9.17) is 0 Å². The SMILES string of the molecule is O=C(Cn1nnc2ccccc2c1=O)N1CCN(Cc2ccccc2)CC1. The number of nitrogens with zero attached hydrogens (tertiary/aromatic N) is 5.